The first-order valence-corrected chi connectivity index (χ1v) is 5.57. The Hall–Kier alpha value is -1.56. The van der Waals surface area contributed by atoms with Gasteiger partial charge in [0.1, 0.15) is 5.75 Å². The molecule has 0 bridgehead atoms. The van der Waals surface area contributed by atoms with Crippen LogP contribution in [0.4, 0.5) is 4.79 Å². The zero-order chi connectivity index (χ0) is 11.6. The van der Waals surface area contributed by atoms with Gasteiger partial charge >= 0.3 is 5.24 Å². The molecule has 15 heavy (non-hydrogen) atoms. The lowest BCUT2D eigenvalue weighted by Crippen LogP contribution is -2.21. The van der Waals surface area contributed by atoms with Crippen LogP contribution in [-0.4, -0.2) is 20.8 Å². The molecule has 2 N–H and O–H groups in total. The smallest absolute Gasteiger partial charge is 0.338 e. The van der Waals surface area contributed by atoms with Crippen LogP contribution in [0, 0.1) is 6.92 Å². The van der Waals surface area contributed by atoms with E-state index in [-0.39, 0.29) is 4.90 Å². The van der Waals surface area contributed by atoms with E-state index < -0.39 is 15.1 Å². The largest absolute Gasteiger partial charge is 0.496 e. The molecule has 1 aromatic rings. The highest BCUT2D eigenvalue weighted by atomic mass is 32.2. The van der Waals surface area contributed by atoms with Crippen molar-refractivity contribution < 1.29 is 17.9 Å². The van der Waals surface area contributed by atoms with E-state index in [0.29, 0.717) is 11.3 Å². The Balaban J connectivity index is 3.31. The lowest BCUT2D eigenvalue weighted by Gasteiger charge is -2.06. The minimum atomic E-state index is -4.04. The van der Waals surface area contributed by atoms with Gasteiger partial charge in [-0.05, 0) is 30.7 Å². The standard InChI is InChI=1S/C9H11NO4S/c1-6-5-7(3-4-8(6)14-2)15(12,13)9(10)11/h3-5H,1-2H3,(H2,10,11). The molecule has 1 rings (SSSR count). The Bertz CT molecular complexity index is 493. The number of carbonyl (C=O) groups is 1. The molecule has 82 valence electrons. The highest BCUT2D eigenvalue weighted by Gasteiger charge is 2.21. The lowest BCUT2D eigenvalue weighted by atomic mass is 10.2. The van der Waals surface area contributed by atoms with E-state index in [4.69, 9.17) is 10.5 Å². The molecule has 0 aliphatic carbocycles. The number of ether oxygens (including phenoxy) is 1. The van der Waals surface area contributed by atoms with Crippen LogP contribution in [0.15, 0.2) is 23.1 Å². The maximum atomic E-state index is 11.4. The van der Waals surface area contributed by atoms with Crippen molar-refractivity contribution >= 4 is 15.1 Å². The fraction of sp³-hybridized carbons (Fsp3) is 0.222. The van der Waals surface area contributed by atoms with E-state index >= 15 is 0 Å². The number of hydrogen-bond acceptors (Lipinski definition) is 4. The second-order valence-corrected chi connectivity index (χ2v) is 4.83. The molecule has 0 aromatic heterocycles. The Labute approximate surface area is 87.8 Å². The zero-order valence-corrected chi connectivity index (χ0v) is 9.17. The molecule has 1 aromatic carbocycles. The summed E-state index contributed by atoms with van der Waals surface area (Å²) in [4.78, 5) is 10.6. The minimum Gasteiger partial charge on any atom is -0.496 e. The molecule has 0 fully saturated rings. The third-order valence-corrected chi connectivity index (χ3v) is 3.35. The lowest BCUT2D eigenvalue weighted by molar-refractivity contribution is 0.265. The summed E-state index contributed by atoms with van der Waals surface area (Å²) < 4.78 is 27.7. The first kappa shape index (κ1) is 11.5. The highest BCUT2D eigenvalue weighted by Crippen LogP contribution is 2.21. The molecule has 0 unspecified atom stereocenters. The molecular weight excluding hydrogens is 218 g/mol. The quantitative estimate of drug-likeness (QED) is 0.814. The van der Waals surface area contributed by atoms with Crippen LogP contribution < -0.4 is 10.5 Å². The predicted molar refractivity (Wildman–Crippen MR) is 54.5 cm³/mol. The van der Waals surface area contributed by atoms with E-state index in [1.54, 1.807) is 6.92 Å². The summed E-state index contributed by atoms with van der Waals surface area (Å²) in [5.74, 6) is 0.554. The predicted octanol–water partition coefficient (Wildman–Crippen LogP) is 0.856. The van der Waals surface area contributed by atoms with Crippen molar-refractivity contribution in [1.82, 2.24) is 0 Å². The number of methoxy groups -OCH3 is 1. The Morgan fingerprint density at radius 3 is 2.40 bits per heavy atom. The highest BCUT2D eigenvalue weighted by molar-refractivity contribution is 8.06. The van der Waals surface area contributed by atoms with Crippen molar-refractivity contribution in [2.24, 2.45) is 5.73 Å². The van der Waals surface area contributed by atoms with Crippen LogP contribution in [0.25, 0.3) is 0 Å². The van der Waals surface area contributed by atoms with Gasteiger partial charge < -0.3 is 10.5 Å². The zero-order valence-electron chi connectivity index (χ0n) is 8.35. The van der Waals surface area contributed by atoms with E-state index in [1.807, 2.05) is 0 Å². The number of hydrogen-bond donors (Lipinski definition) is 1. The van der Waals surface area contributed by atoms with Gasteiger partial charge in [0.2, 0.25) is 0 Å². The summed E-state index contributed by atoms with van der Waals surface area (Å²) in [6.07, 6.45) is 0. The third kappa shape index (κ3) is 2.10. The number of sulfone groups is 1. The van der Waals surface area contributed by atoms with Gasteiger partial charge in [0.25, 0.3) is 9.84 Å². The van der Waals surface area contributed by atoms with E-state index in [9.17, 15) is 13.2 Å². The fourth-order valence-electron chi connectivity index (χ4n) is 1.13. The first-order valence-electron chi connectivity index (χ1n) is 4.08. The number of nitrogens with two attached hydrogens (primary N) is 1. The normalized spacial score (nSPS) is 11.1. The van der Waals surface area contributed by atoms with Crippen LogP contribution >= 0.6 is 0 Å². The molecule has 0 radical (unpaired) electrons. The Kier molecular flexibility index (Phi) is 2.99. The summed E-state index contributed by atoms with van der Waals surface area (Å²) in [6, 6.07) is 4.11. The number of primary amides is 1. The maximum Gasteiger partial charge on any atom is 0.338 e. The van der Waals surface area contributed by atoms with Crippen molar-refractivity contribution in [1.29, 1.82) is 0 Å². The van der Waals surface area contributed by atoms with E-state index in [0.717, 1.165) is 0 Å². The van der Waals surface area contributed by atoms with Crippen molar-refractivity contribution in [3.63, 3.8) is 0 Å². The maximum absolute atomic E-state index is 11.4. The molecule has 6 heteroatoms. The molecule has 0 saturated carbocycles. The van der Waals surface area contributed by atoms with Gasteiger partial charge in [-0.25, -0.2) is 8.42 Å². The van der Waals surface area contributed by atoms with Crippen LogP contribution in [0.5, 0.6) is 5.75 Å². The number of rotatable bonds is 2. The molecule has 0 aliphatic heterocycles. The van der Waals surface area contributed by atoms with E-state index in [1.165, 1.54) is 25.3 Å². The number of aryl methyl sites for hydroxylation is 1. The Morgan fingerprint density at radius 2 is 2.00 bits per heavy atom. The second-order valence-electron chi connectivity index (χ2n) is 2.95. The van der Waals surface area contributed by atoms with Gasteiger partial charge in [0.05, 0.1) is 12.0 Å². The van der Waals surface area contributed by atoms with Crippen molar-refractivity contribution in [2.45, 2.75) is 11.8 Å². The first-order chi connectivity index (χ1) is 6.89. The van der Waals surface area contributed by atoms with Crippen molar-refractivity contribution in [2.75, 3.05) is 7.11 Å². The van der Waals surface area contributed by atoms with E-state index in [2.05, 4.69) is 0 Å². The molecule has 0 saturated heterocycles. The molecule has 5 nitrogen and oxygen atoms in total. The van der Waals surface area contributed by atoms with Crippen molar-refractivity contribution in [3.05, 3.63) is 23.8 Å². The van der Waals surface area contributed by atoms with Gasteiger partial charge in [0, 0.05) is 0 Å². The SMILES string of the molecule is COc1ccc(S(=O)(=O)C(N)=O)cc1C. The average molecular weight is 229 g/mol. The molecule has 0 spiro atoms. The van der Waals surface area contributed by atoms with Crippen LogP contribution in [0.3, 0.4) is 0 Å². The third-order valence-electron chi connectivity index (χ3n) is 1.94. The van der Waals surface area contributed by atoms with Gasteiger partial charge in [0.15, 0.2) is 0 Å². The van der Waals surface area contributed by atoms with Gasteiger partial charge in [-0.2, -0.15) is 0 Å². The number of carbonyl (C=O) groups excluding carboxylic acids is 1. The molecule has 0 aliphatic rings. The summed E-state index contributed by atoms with van der Waals surface area (Å²) >= 11 is 0. The van der Waals surface area contributed by atoms with Crippen LogP contribution in [0.2, 0.25) is 0 Å². The molecule has 0 atom stereocenters. The monoisotopic (exact) mass is 229 g/mol. The number of benzene rings is 1. The topological polar surface area (TPSA) is 86.5 Å². The minimum absolute atomic E-state index is 0.117. The van der Waals surface area contributed by atoms with Gasteiger partial charge in [-0.1, -0.05) is 0 Å². The fourth-order valence-corrected chi connectivity index (χ4v) is 1.95. The summed E-state index contributed by atoms with van der Waals surface area (Å²) in [5, 5.41) is -1.35. The van der Waals surface area contributed by atoms with Crippen LogP contribution in [0.1, 0.15) is 5.56 Å². The summed E-state index contributed by atoms with van der Waals surface area (Å²) in [5.41, 5.74) is 5.39. The van der Waals surface area contributed by atoms with Gasteiger partial charge in [-0.3, -0.25) is 4.79 Å². The van der Waals surface area contributed by atoms with Gasteiger partial charge in [-0.15, -0.1) is 0 Å². The molecule has 1 amide bonds. The molecular formula is C9H11NO4S. The van der Waals surface area contributed by atoms with Crippen molar-refractivity contribution in [3.8, 4) is 5.75 Å². The summed E-state index contributed by atoms with van der Waals surface area (Å²) in [6.45, 7) is 1.68. The summed E-state index contributed by atoms with van der Waals surface area (Å²) in [7, 11) is -2.56. The number of amides is 1. The average Bonchev–Trinajstić information content (AvgIpc) is 2.17. The second kappa shape index (κ2) is 3.90. The molecule has 0 heterocycles. The Morgan fingerprint density at radius 1 is 1.40 bits per heavy atom. The van der Waals surface area contributed by atoms with Crippen LogP contribution in [-0.2, 0) is 9.84 Å².